The van der Waals surface area contributed by atoms with Crippen LogP contribution in [0.15, 0.2) is 46.7 Å². The van der Waals surface area contributed by atoms with Crippen LogP contribution in [-0.4, -0.2) is 21.5 Å². The maximum atomic E-state index is 12.4. The number of sulfone groups is 1. The Labute approximate surface area is 159 Å². The van der Waals surface area contributed by atoms with Crippen LogP contribution in [0.3, 0.4) is 0 Å². The van der Waals surface area contributed by atoms with Crippen LogP contribution in [0.4, 0.5) is 21.9 Å². The minimum absolute atomic E-state index is 0.0894. The van der Waals surface area contributed by atoms with Crippen molar-refractivity contribution in [2.45, 2.75) is 31.1 Å². The van der Waals surface area contributed by atoms with Gasteiger partial charge in [-0.15, -0.1) is 0 Å². The van der Waals surface area contributed by atoms with Crippen molar-refractivity contribution in [2.75, 3.05) is 23.0 Å². The molecule has 0 bridgehead atoms. The van der Waals surface area contributed by atoms with Crippen molar-refractivity contribution in [3.8, 4) is 0 Å². The summed E-state index contributed by atoms with van der Waals surface area (Å²) in [5, 5.41) is 9.81. The number of hydrogen-bond donors (Lipinski definition) is 3. The van der Waals surface area contributed by atoms with Crippen LogP contribution >= 0.6 is 0 Å². The third-order valence-electron chi connectivity index (χ3n) is 4.36. The van der Waals surface area contributed by atoms with E-state index in [4.69, 9.17) is 0 Å². The van der Waals surface area contributed by atoms with E-state index in [0.29, 0.717) is 16.9 Å². The lowest BCUT2D eigenvalue weighted by Crippen LogP contribution is -2.20. The average molecular weight is 385 g/mol. The Kier molecular flexibility index (Phi) is 4.73. The van der Waals surface area contributed by atoms with E-state index in [1.54, 1.807) is 18.2 Å². The molecule has 2 aromatic rings. The molecule has 1 heterocycles. The predicted molar refractivity (Wildman–Crippen MR) is 110 cm³/mol. The summed E-state index contributed by atoms with van der Waals surface area (Å²) in [6.07, 6.45) is 1.55. The summed E-state index contributed by atoms with van der Waals surface area (Å²) in [6, 6.07) is 10.0. The van der Waals surface area contributed by atoms with Gasteiger partial charge in [-0.3, -0.25) is 0 Å². The molecule has 3 N–H and O–H groups in total. The Morgan fingerprint density at radius 2 is 1.59 bits per heavy atom. The molecule has 2 aromatic carbocycles. The minimum Gasteiger partial charge on any atom is -0.388 e. The number of rotatable bonds is 3. The van der Waals surface area contributed by atoms with Crippen LogP contribution in [0.5, 0.6) is 0 Å². The Hall–Kier alpha value is -2.80. The summed E-state index contributed by atoms with van der Waals surface area (Å²) in [5.41, 5.74) is 3.70. The van der Waals surface area contributed by atoms with Crippen molar-refractivity contribution >= 4 is 39.0 Å². The van der Waals surface area contributed by atoms with Crippen molar-refractivity contribution in [3.05, 3.63) is 52.9 Å². The van der Waals surface area contributed by atoms with Crippen LogP contribution in [0, 0.1) is 0 Å². The Morgan fingerprint density at radius 1 is 0.963 bits per heavy atom. The third kappa shape index (κ3) is 3.98. The molecule has 1 aliphatic heterocycles. The average Bonchev–Trinajstić information content (AvgIpc) is 2.89. The van der Waals surface area contributed by atoms with E-state index < -0.39 is 15.9 Å². The van der Waals surface area contributed by atoms with Crippen molar-refractivity contribution in [1.29, 1.82) is 0 Å². The fourth-order valence-corrected chi connectivity index (χ4v) is 4.21. The molecule has 27 heavy (non-hydrogen) atoms. The lowest BCUT2D eigenvalue weighted by atomic mass is 9.85. The first kappa shape index (κ1) is 19.0. The standard InChI is InChI=1S/C20H23N3O3S/c1-20(2,3)16-11-14(7-8-17(16)21-4)22-19(24)23-15-6-5-13-9-10-27(25,26)18(13)12-15/h5-12,21H,1-4H3,(H2,22,23,24). The number of carbonyl (C=O) groups is 1. The van der Waals surface area contributed by atoms with Crippen molar-refractivity contribution in [3.63, 3.8) is 0 Å². The summed E-state index contributed by atoms with van der Waals surface area (Å²) < 4.78 is 23.9. The summed E-state index contributed by atoms with van der Waals surface area (Å²) in [4.78, 5) is 12.6. The highest BCUT2D eigenvalue weighted by Gasteiger charge is 2.21. The number of carbonyl (C=O) groups excluding carboxylic acids is 1. The van der Waals surface area contributed by atoms with Gasteiger partial charge in [-0.1, -0.05) is 26.8 Å². The van der Waals surface area contributed by atoms with Gasteiger partial charge in [0.2, 0.25) is 9.84 Å². The second-order valence-electron chi connectivity index (χ2n) is 7.44. The SMILES string of the molecule is CNc1ccc(NC(=O)Nc2ccc3c(c2)S(=O)(=O)C=C3)cc1C(C)(C)C. The molecule has 6 nitrogen and oxygen atoms in total. The quantitative estimate of drug-likeness (QED) is 0.729. The molecule has 3 rings (SSSR count). The monoisotopic (exact) mass is 385 g/mol. The first-order valence-electron chi connectivity index (χ1n) is 8.58. The number of amides is 2. The largest absolute Gasteiger partial charge is 0.388 e. The first-order valence-corrected chi connectivity index (χ1v) is 10.1. The van der Waals surface area contributed by atoms with Gasteiger partial charge in [0.1, 0.15) is 0 Å². The van der Waals surface area contributed by atoms with Gasteiger partial charge in [-0.2, -0.15) is 0 Å². The zero-order chi connectivity index (χ0) is 19.8. The second kappa shape index (κ2) is 6.74. The van der Waals surface area contributed by atoms with Crippen LogP contribution < -0.4 is 16.0 Å². The molecule has 2 amide bonds. The number of nitrogens with one attached hydrogen (secondary N) is 3. The zero-order valence-electron chi connectivity index (χ0n) is 15.8. The molecule has 0 spiro atoms. The Morgan fingerprint density at radius 3 is 2.22 bits per heavy atom. The molecule has 0 unspecified atom stereocenters. The highest BCUT2D eigenvalue weighted by Crippen LogP contribution is 2.32. The van der Waals surface area contributed by atoms with Crippen molar-refractivity contribution in [1.82, 2.24) is 0 Å². The maximum Gasteiger partial charge on any atom is 0.323 e. The van der Waals surface area contributed by atoms with E-state index >= 15 is 0 Å². The van der Waals surface area contributed by atoms with Crippen LogP contribution in [-0.2, 0) is 15.3 Å². The fourth-order valence-electron chi connectivity index (χ4n) is 2.99. The lowest BCUT2D eigenvalue weighted by molar-refractivity contribution is 0.262. The van der Waals surface area contributed by atoms with Gasteiger partial charge in [0.25, 0.3) is 0 Å². The molecule has 0 fully saturated rings. The molecular formula is C20H23N3O3S. The summed E-state index contributed by atoms with van der Waals surface area (Å²) in [5.74, 6) is 0. The van der Waals surface area contributed by atoms with Gasteiger partial charge >= 0.3 is 6.03 Å². The highest BCUT2D eigenvalue weighted by molar-refractivity contribution is 7.94. The molecule has 0 atom stereocenters. The molecule has 0 saturated heterocycles. The number of hydrogen-bond acceptors (Lipinski definition) is 4. The number of urea groups is 1. The fraction of sp³-hybridized carbons (Fsp3) is 0.250. The van der Waals surface area contributed by atoms with Gasteiger partial charge < -0.3 is 16.0 Å². The van der Waals surface area contributed by atoms with Gasteiger partial charge in [0, 0.05) is 29.5 Å². The van der Waals surface area contributed by atoms with Crippen molar-refractivity contribution in [2.24, 2.45) is 0 Å². The molecule has 0 aromatic heterocycles. The normalized spacial score (nSPS) is 14.5. The summed E-state index contributed by atoms with van der Waals surface area (Å²) >= 11 is 0. The van der Waals surface area contributed by atoms with Gasteiger partial charge in [-0.05, 0) is 52.9 Å². The first-order chi connectivity index (χ1) is 12.6. The van der Waals surface area contributed by atoms with Crippen LogP contribution in [0.1, 0.15) is 31.9 Å². The van der Waals surface area contributed by atoms with Crippen LogP contribution in [0.2, 0.25) is 0 Å². The minimum atomic E-state index is -3.41. The molecule has 1 aliphatic rings. The third-order valence-corrected chi connectivity index (χ3v) is 5.82. The van der Waals surface area contributed by atoms with Gasteiger partial charge in [-0.25, -0.2) is 13.2 Å². The van der Waals surface area contributed by atoms with E-state index in [9.17, 15) is 13.2 Å². The Balaban J connectivity index is 1.78. The topological polar surface area (TPSA) is 87.3 Å². The molecular weight excluding hydrogens is 362 g/mol. The van der Waals surface area contributed by atoms with E-state index in [2.05, 4.69) is 36.7 Å². The smallest absolute Gasteiger partial charge is 0.323 e. The molecule has 0 aliphatic carbocycles. The summed E-state index contributed by atoms with van der Waals surface area (Å²) in [7, 11) is -1.55. The van der Waals surface area contributed by atoms with E-state index in [1.165, 1.54) is 11.5 Å². The zero-order valence-corrected chi connectivity index (χ0v) is 16.6. The number of benzene rings is 2. The number of fused-ring (bicyclic) bond motifs is 1. The molecule has 0 saturated carbocycles. The molecule has 0 radical (unpaired) electrons. The van der Waals surface area contributed by atoms with E-state index in [0.717, 1.165) is 11.3 Å². The number of anilines is 3. The lowest BCUT2D eigenvalue weighted by Gasteiger charge is -2.23. The highest BCUT2D eigenvalue weighted by atomic mass is 32.2. The molecule has 142 valence electrons. The second-order valence-corrected chi connectivity index (χ2v) is 9.24. The predicted octanol–water partition coefficient (Wildman–Crippen LogP) is 4.43. The maximum absolute atomic E-state index is 12.4. The van der Waals surface area contributed by atoms with E-state index in [1.807, 2.05) is 25.2 Å². The summed E-state index contributed by atoms with van der Waals surface area (Å²) in [6.45, 7) is 6.31. The van der Waals surface area contributed by atoms with E-state index in [-0.39, 0.29) is 10.3 Å². The Bertz CT molecular complexity index is 1030. The van der Waals surface area contributed by atoms with Gasteiger partial charge in [0.15, 0.2) is 0 Å². The molecule has 7 heteroatoms. The van der Waals surface area contributed by atoms with Crippen molar-refractivity contribution < 1.29 is 13.2 Å². The van der Waals surface area contributed by atoms with Crippen LogP contribution in [0.25, 0.3) is 6.08 Å². The van der Waals surface area contributed by atoms with Gasteiger partial charge in [0.05, 0.1) is 4.90 Å².